The smallest absolute Gasteiger partial charge is 0.468 e. The van der Waals surface area contributed by atoms with E-state index in [1.165, 1.54) is 27.8 Å². The normalized spacial score (nSPS) is 13.2. The van der Waals surface area contributed by atoms with Crippen LogP contribution in [0.2, 0.25) is 6.82 Å². The van der Waals surface area contributed by atoms with Gasteiger partial charge in [-0.05, 0) is 55.9 Å². The summed E-state index contributed by atoms with van der Waals surface area (Å²) in [5.41, 5.74) is -4.13. The largest absolute Gasteiger partial charge is 0.534 e. The number of rotatable bonds is 7. The molecule has 0 bridgehead atoms. The number of carbonyl (C=O) groups is 1. The van der Waals surface area contributed by atoms with Gasteiger partial charge in [0.05, 0.1) is 7.11 Å². The summed E-state index contributed by atoms with van der Waals surface area (Å²) in [7, 11) is -5.60. The maximum absolute atomic E-state index is 12.4. The monoisotopic (exact) mass is 397 g/mol. The van der Waals surface area contributed by atoms with Gasteiger partial charge in [0.1, 0.15) is 11.8 Å². The van der Waals surface area contributed by atoms with E-state index in [-0.39, 0.29) is 6.42 Å². The van der Waals surface area contributed by atoms with Crippen LogP contribution in [0, 0.1) is 13.8 Å². The van der Waals surface area contributed by atoms with Crippen LogP contribution in [0.4, 0.5) is 13.2 Å². The molecule has 7 nitrogen and oxygen atoms in total. The van der Waals surface area contributed by atoms with Crippen molar-refractivity contribution in [1.29, 1.82) is 0 Å². The van der Waals surface area contributed by atoms with Gasteiger partial charge in [0.25, 0.3) is 0 Å². The number of nitrogens with one attached hydrogen (secondary N) is 1. The lowest BCUT2D eigenvalue weighted by Gasteiger charge is -2.20. The number of halogens is 3. The highest BCUT2D eigenvalue weighted by atomic mass is 32.2. The third kappa shape index (κ3) is 5.61. The molecule has 1 aromatic rings. The van der Waals surface area contributed by atoms with Gasteiger partial charge in [-0.2, -0.15) is 21.6 Å². The van der Waals surface area contributed by atoms with Gasteiger partial charge in [-0.3, -0.25) is 4.79 Å². The predicted molar refractivity (Wildman–Crippen MR) is 88.0 cm³/mol. The Bertz CT molecular complexity index is 743. The van der Waals surface area contributed by atoms with E-state index in [0.717, 1.165) is 12.1 Å². The van der Waals surface area contributed by atoms with Crippen molar-refractivity contribution in [3.05, 3.63) is 28.8 Å². The van der Waals surface area contributed by atoms with Crippen LogP contribution in [0.15, 0.2) is 12.1 Å². The van der Waals surface area contributed by atoms with Crippen molar-refractivity contribution in [2.45, 2.75) is 38.6 Å². The average Bonchev–Trinajstić information content (AvgIpc) is 2.46. The molecular weight excluding hydrogens is 378 g/mol. The van der Waals surface area contributed by atoms with Crippen LogP contribution in [0.5, 0.6) is 5.75 Å². The summed E-state index contributed by atoms with van der Waals surface area (Å²) in [6.07, 6.45) is 0.0710. The number of carbonyl (C=O) groups excluding carboxylic acids is 1. The van der Waals surface area contributed by atoms with Crippen molar-refractivity contribution in [2.24, 2.45) is 0 Å². The zero-order valence-electron chi connectivity index (χ0n) is 14.5. The molecule has 0 heterocycles. The fourth-order valence-corrected chi connectivity index (χ4v) is 2.79. The summed E-state index contributed by atoms with van der Waals surface area (Å²) < 4.78 is 68.3. The highest BCUT2D eigenvalue weighted by molar-refractivity contribution is 7.88. The lowest BCUT2D eigenvalue weighted by atomic mass is 9.85. The predicted octanol–water partition coefficient (Wildman–Crippen LogP) is 1.32. The summed E-state index contributed by atoms with van der Waals surface area (Å²) in [6.45, 7) is 4.48. The Morgan fingerprint density at radius 2 is 1.81 bits per heavy atom. The summed E-state index contributed by atoms with van der Waals surface area (Å²) in [5, 5.41) is 12.0. The van der Waals surface area contributed by atoms with E-state index in [9.17, 15) is 31.4 Å². The molecular formula is C14H19BF3NO6S. The zero-order valence-corrected chi connectivity index (χ0v) is 15.4. The molecule has 0 aliphatic heterocycles. The van der Waals surface area contributed by atoms with Crippen molar-refractivity contribution in [3.63, 3.8) is 0 Å². The lowest BCUT2D eigenvalue weighted by Crippen LogP contribution is -2.46. The molecule has 0 saturated carbocycles. The summed E-state index contributed by atoms with van der Waals surface area (Å²) in [4.78, 5) is 11.8. The molecule has 1 aromatic carbocycles. The molecule has 0 spiro atoms. The number of esters is 1. The number of benzene rings is 1. The van der Waals surface area contributed by atoms with Gasteiger partial charge in [0.2, 0.25) is 0 Å². The fourth-order valence-electron chi connectivity index (χ4n) is 2.35. The maximum atomic E-state index is 12.4. The Labute approximate surface area is 149 Å². The van der Waals surface area contributed by atoms with Crippen molar-refractivity contribution in [2.75, 3.05) is 7.11 Å². The quantitative estimate of drug-likeness (QED) is 0.310. The Kier molecular flexibility index (Phi) is 7.08. The third-order valence-electron chi connectivity index (χ3n) is 3.50. The molecule has 0 aliphatic rings. The minimum Gasteiger partial charge on any atom is -0.468 e. The number of methoxy groups -OCH3 is 1. The Morgan fingerprint density at radius 3 is 2.19 bits per heavy atom. The van der Waals surface area contributed by atoms with E-state index >= 15 is 0 Å². The van der Waals surface area contributed by atoms with Gasteiger partial charge in [-0.1, -0.05) is 0 Å². The second-order valence-corrected chi connectivity index (χ2v) is 7.18. The lowest BCUT2D eigenvalue weighted by molar-refractivity contribution is -0.142. The Hall–Kier alpha value is -1.79. The average molecular weight is 397 g/mol. The van der Waals surface area contributed by atoms with Crippen molar-refractivity contribution in [3.8, 4) is 5.75 Å². The second-order valence-electron chi connectivity index (χ2n) is 5.64. The number of alkyl halides is 3. The van der Waals surface area contributed by atoms with Crippen LogP contribution in [0.3, 0.4) is 0 Å². The van der Waals surface area contributed by atoms with Crippen molar-refractivity contribution in [1.82, 2.24) is 5.23 Å². The first-order valence-electron chi connectivity index (χ1n) is 7.41. The Morgan fingerprint density at radius 1 is 1.31 bits per heavy atom. The molecule has 12 heteroatoms. The molecule has 0 fully saturated rings. The fraction of sp³-hybridized carbons (Fsp3) is 0.500. The van der Waals surface area contributed by atoms with Gasteiger partial charge in [0, 0.05) is 0 Å². The van der Waals surface area contributed by atoms with E-state index in [1.807, 2.05) is 0 Å². The first kappa shape index (κ1) is 22.3. The summed E-state index contributed by atoms with van der Waals surface area (Å²) in [5.74, 6) is -1.12. The highest BCUT2D eigenvalue weighted by Crippen LogP contribution is 2.29. The first-order chi connectivity index (χ1) is 11.8. The first-order valence-corrected chi connectivity index (χ1v) is 8.82. The zero-order chi connectivity index (χ0) is 20.3. The molecule has 0 aliphatic carbocycles. The topological polar surface area (TPSA) is 102 Å². The molecule has 146 valence electrons. The van der Waals surface area contributed by atoms with Gasteiger partial charge < -0.3 is 19.2 Å². The van der Waals surface area contributed by atoms with E-state index in [2.05, 4.69) is 14.1 Å². The second kappa shape index (κ2) is 8.27. The van der Waals surface area contributed by atoms with Gasteiger partial charge >= 0.3 is 28.6 Å². The molecule has 0 saturated heterocycles. The number of ether oxygens (including phenoxy) is 1. The van der Waals surface area contributed by atoms with Crippen LogP contribution in [0.1, 0.15) is 16.7 Å². The van der Waals surface area contributed by atoms with Crippen molar-refractivity contribution >= 4 is 23.1 Å². The van der Waals surface area contributed by atoms with Gasteiger partial charge in [-0.25, -0.2) is 0 Å². The van der Waals surface area contributed by atoms with E-state index in [0.29, 0.717) is 16.7 Å². The van der Waals surface area contributed by atoms with Gasteiger partial charge in [-0.15, -0.1) is 0 Å². The van der Waals surface area contributed by atoms with E-state index < -0.39 is 40.4 Å². The molecule has 0 aromatic heterocycles. The van der Waals surface area contributed by atoms with Crippen molar-refractivity contribution < 1.29 is 40.3 Å². The maximum Gasteiger partial charge on any atom is 0.534 e. The molecule has 2 N–H and O–H groups in total. The standard InChI is InChI=1S/C14H19BF3NO6S/c1-8-5-10(25-26(22,23)14(16,17)18)6-9(2)11(8)7-12(13(20)24-4)19-15(3)21/h5-6,12,19,21H,7H2,1-4H3/t12-/m0/s1. The van der Waals surface area contributed by atoms with E-state index in [1.54, 1.807) is 0 Å². The van der Waals surface area contributed by atoms with Crippen LogP contribution < -0.4 is 9.41 Å². The molecule has 1 rings (SSSR count). The van der Waals surface area contributed by atoms with Crippen LogP contribution in [-0.4, -0.2) is 45.1 Å². The molecule has 0 unspecified atom stereocenters. The van der Waals surface area contributed by atoms with Crippen LogP contribution >= 0.6 is 0 Å². The summed E-state index contributed by atoms with van der Waals surface area (Å²) >= 11 is 0. The number of hydrogen-bond acceptors (Lipinski definition) is 7. The molecule has 0 radical (unpaired) electrons. The van der Waals surface area contributed by atoms with Crippen LogP contribution in [-0.2, 0) is 26.1 Å². The molecule has 0 amide bonds. The highest BCUT2D eigenvalue weighted by Gasteiger charge is 2.48. The number of hydrogen-bond donors (Lipinski definition) is 2. The summed E-state index contributed by atoms with van der Waals surface area (Å²) in [6, 6.07) is 1.35. The van der Waals surface area contributed by atoms with Gasteiger partial charge in [0.15, 0.2) is 0 Å². The molecule has 26 heavy (non-hydrogen) atoms. The SMILES string of the molecule is COC(=O)[C@H](Cc1c(C)cc(OS(=O)(=O)C(F)(F)F)cc1C)NB(C)O. The minimum atomic E-state index is -5.77. The molecule has 1 atom stereocenters. The van der Waals surface area contributed by atoms with E-state index in [4.69, 9.17) is 0 Å². The third-order valence-corrected chi connectivity index (χ3v) is 4.47. The Balaban J connectivity index is 3.15. The minimum absolute atomic E-state index is 0.0710. The number of aryl methyl sites for hydroxylation is 2. The van der Waals surface area contributed by atoms with Crippen LogP contribution in [0.25, 0.3) is 0 Å².